The van der Waals surface area contributed by atoms with E-state index in [1.807, 2.05) is 85.9 Å². The number of rotatable bonds is 12. The molecule has 0 fully saturated rings. The first kappa shape index (κ1) is 31.5. The van der Waals surface area contributed by atoms with Gasteiger partial charge in [0.1, 0.15) is 23.7 Å². The van der Waals surface area contributed by atoms with Gasteiger partial charge in [0.05, 0.1) is 17.8 Å². The van der Waals surface area contributed by atoms with E-state index in [9.17, 15) is 10.0 Å². The fourth-order valence-electron chi connectivity index (χ4n) is 6.09. The number of nitrogens with one attached hydrogen (secondary N) is 1. The summed E-state index contributed by atoms with van der Waals surface area (Å²) in [6, 6.07) is 36.8. The number of aryl methyl sites for hydroxylation is 2. The number of imidazole rings is 1. The van der Waals surface area contributed by atoms with E-state index >= 15 is 0 Å². The van der Waals surface area contributed by atoms with Crippen LogP contribution in [0.2, 0.25) is 0 Å². The molecule has 0 saturated heterocycles. The Morgan fingerprint density at radius 2 is 1.55 bits per heavy atom. The van der Waals surface area contributed by atoms with E-state index in [0.717, 1.165) is 62.5 Å². The maximum Gasteiger partial charge on any atom is 0.267 e. The molecular formula is C40H38N4O3. The molecule has 47 heavy (non-hydrogen) atoms. The van der Waals surface area contributed by atoms with E-state index in [2.05, 4.69) is 52.9 Å². The van der Waals surface area contributed by atoms with Crippen LogP contribution in [-0.2, 0) is 30.8 Å². The lowest BCUT2D eigenvalue weighted by atomic mass is 9.93. The predicted octanol–water partition coefficient (Wildman–Crippen LogP) is 7.82. The standard InChI is InChI=1S/C40H38N4O3/c1-28(32-18-10-5-11-19-32)40-42-37-29(2)34(23-24-36(45)43-46)35(22-21-30-14-6-3-7-15-30)39(47-27-31-16-8-4-9-17-31)38(37)44(40)26-33-20-12-13-25-41-33/h3-20,23-25,28,46H,21-22,26-27H2,1-2H3,(H,43,45). The largest absolute Gasteiger partial charge is 0.486 e. The van der Waals surface area contributed by atoms with Crippen LogP contribution in [0.4, 0.5) is 0 Å². The minimum absolute atomic E-state index is 0.0272. The molecule has 0 bridgehead atoms. The van der Waals surface area contributed by atoms with Crippen LogP contribution in [0.25, 0.3) is 17.1 Å². The van der Waals surface area contributed by atoms with E-state index in [1.54, 1.807) is 11.6 Å². The monoisotopic (exact) mass is 622 g/mol. The molecule has 1 amide bonds. The van der Waals surface area contributed by atoms with E-state index < -0.39 is 5.91 Å². The van der Waals surface area contributed by atoms with Crippen LogP contribution in [-0.4, -0.2) is 25.6 Å². The van der Waals surface area contributed by atoms with Crippen molar-refractivity contribution in [2.45, 2.75) is 45.8 Å². The number of fused-ring (bicyclic) bond motifs is 1. The number of nitrogens with zero attached hydrogens (tertiary/aromatic N) is 3. The molecule has 0 aliphatic rings. The first-order chi connectivity index (χ1) is 23.0. The van der Waals surface area contributed by atoms with Crippen LogP contribution < -0.4 is 10.2 Å². The van der Waals surface area contributed by atoms with Crippen LogP contribution >= 0.6 is 0 Å². The molecule has 0 aliphatic carbocycles. The van der Waals surface area contributed by atoms with Crippen molar-refractivity contribution in [1.29, 1.82) is 0 Å². The third kappa shape index (κ3) is 7.16. The number of aromatic nitrogens is 3. The van der Waals surface area contributed by atoms with Crippen LogP contribution in [0.5, 0.6) is 5.75 Å². The fourth-order valence-corrected chi connectivity index (χ4v) is 6.09. The van der Waals surface area contributed by atoms with Gasteiger partial charge in [-0.3, -0.25) is 15.0 Å². The van der Waals surface area contributed by atoms with E-state index in [1.165, 1.54) is 11.6 Å². The summed E-state index contributed by atoms with van der Waals surface area (Å²) in [4.78, 5) is 22.3. The molecule has 1 atom stereocenters. The highest BCUT2D eigenvalue weighted by molar-refractivity contribution is 5.95. The van der Waals surface area contributed by atoms with Gasteiger partial charge in [-0.15, -0.1) is 0 Å². The number of benzene rings is 4. The maximum atomic E-state index is 12.2. The zero-order valence-electron chi connectivity index (χ0n) is 26.6. The van der Waals surface area contributed by atoms with Gasteiger partial charge in [0, 0.05) is 23.8 Å². The molecule has 0 saturated carbocycles. The SMILES string of the molecule is Cc1c(C=CC(=O)NO)c(CCc2ccccc2)c(OCc2ccccc2)c2c1nc(C(C)c1ccccc1)n2Cc1ccccn1. The fraction of sp³-hybridized carbons (Fsp3) is 0.175. The topological polar surface area (TPSA) is 89.3 Å². The lowest BCUT2D eigenvalue weighted by Gasteiger charge is -2.21. The molecule has 6 aromatic rings. The Hall–Kier alpha value is -5.53. The Bertz CT molecular complexity index is 1970. The molecular weight excluding hydrogens is 584 g/mol. The lowest BCUT2D eigenvalue weighted by molar-refractivity contribution is -0.124. The molecule has 2 heterocycles. The molecule has 0 radical (unpaired) electrons. The van der Waals surface area contributed by atoms with Gasteiger partial charge in [0.15, 0.2) is 0 Å². The Morgan fingerprint density at radius 3 is 2.21 bits per heavy atom. The van der Waals surface area contributed by atoms with Crippen molar-refractivity contribution < 1.29 is 14.7 Å². The van der Waals surface area contributed by atoms with Crippen molar-refractivity contribution in [3.8, 4) is 5.75 Å². The highest BCUT2D eigenvalue weighted by atomic mass is 16.5. The zero-order valence-corrected chi connectivity index (χ0v) is 26.6. The molecule has 4 aromatic carbocycles. The minimum atomic E-state index is -0.607. The molecule has 236 valence electrons. The third-order valence-corrected chi connectivity index (χ3v) is 8.55. The normalized spacial score (nSPS) is 12.0. The Kier molecular flexibility index (Phi) is 9.84. The molecule has 0 spiro atoms. The average Bonchev–Trinajstić information content (AvgIpc) is 3.50. The first-order valence-corrected chi connectivity index (χ1v) is 15.9. The highest BCUT2D eigenvalue weighted by Crippen LogP contribution is 2.41. The molecule has 7 heteroatoms. The number of hydroxylamine groups is 1. The minimum Gasteiger partial charge on any atom is -0.486 e. The number of hydrogen-bond donors (Lipinski definition) is 2. The average molecular weight is 623 g/mol. The Morgan fingerprint density at radius 1 is 0.894 bits per heavy atom. The summed E-state index contributed by atoms with van der Waals surface area (Å²) >= 11 is 0. The number of hydrogen-bond acceptors (Lipinski definition) is 5. The van der Waals surface area contributed by atoms with E-state index in [-0.39, 0.29) is 5.92 Å². The van der Waals surface area contributed by atoms with Gasteiger partial charge in [-0.25, -0.2) is 10.5 Å². The molecule has 2 aromatic heterocycles. The summed E-state index contributed by atoms with van der Waals surface area (Å²) in [5.74, 6) is 0.988. The molecule has 1 unspecified atom stereocenters. The van der Waals surface area contributed by atoms with Gasteiger partial charge in [0.25, 0.3) is 5.91 Å². The quantitative estimate of drug-likeness (QED) is 0.0825. The van der Waals surface area contributed by atoms with E-state index in [0.29, 0.717) is 19.6 Å². The maximum absolute atomic E-state index is 12.2. The molecule has 6 rings (SSSR count). The summed E-state index contributed by atoms with van der Waals surface area (Å²) in [5.41, 5.74) is 10.5. The van der Waals surface area contributed by atoms with Gasteiger partial charge in [-0.2, -0.15) is 0 Å². The van der Waals surface area contributed by atoms with Gasteiger partial charge >= 0.3 is 0 Å². The third-order valence-electron chi connectivity index (χ3n) is 8.55. The lowest BCUT2D eigenvalue weighted by Crippen LogP contribution is -2.15. The number of ether oxygens (including phenoxy) is 1. The predicted molar refractivity (Wildman–Crippen MR) is 185 cm³/mol. The number of carbonyl (C=O) groups excluding carboxylic acids is 1. The first-order valence-electron chi connectivity index (χ1n) is 15.9. The summed E-state index contributed by atoms with van der Waals surface area (Å²) in [6.45, 7) is 5.08. The van der Waals surface area contributed by atoms with Gasteiger partial charge in [-0.05, 0) is 65.8 Å². The van der Waals surface area contributed by atoms with Crippen LogP contribution in [0.15, 0.2) is 121 Å². The van der Waals surface area contributed by atoms with Gasteiger partial charge < -0.3 is 9.30 Å². The summed E-state index contributed by atoms with van der Waals surface area (Å²) < 4.78 is 9.12. The molecule has 0 aliphatic heterocycles. The van der Waals surface area contributed by atoms with Gasteiger partial charge in [-0.1, -0.05) is 104 Å². The summed E-state index contributed by atoms with van der Waals surface area (Å²) in [5, 5.41) is 9.29. The van der Waals surface area contributed by atoms with Crippen molar-refractivity contribution in [2.75, 3.05) is 0 Å². The molecule has 7 nitrogen and oxygen atoms in total. The van der Waals surface area contributed by atoms with Gasteiger partial charge in [0.2, 0.25) is 0 Å². The second-order valence-corrected chi connectivity index (χ2v) is 11.6. The number of carbonyl (C=O) groups is 1. The van der Waals surface area contributed by atoms with Crippen LogP contribution in [0, 0.1) is 6.92 Å². The summed E-state index contributed by atoms with van der Waals surface area (Å²) in [6.07, 6.45) is 6.34. The van der Waals surface area contributed by atoms with Crippen molar-refractivity contribution in [1.82, 2.24) is 20.0 Å². The van der Waals surface area contributed by atoms with Crippen LogP contribution in [0.1, 0.15) is 57.7 Å². The van der Waals surface area contributed by atoms with Crippen LogP contribution in [0.3, 0.4) is 0 Å². The Labute approximate surface area is 275 Å². The Balaban J connectivity index is 1.62. The summed E-state index contributed by atoms with van der Waals surface area (Å²) in [7, 11) is 0. The smallest absolute Gasteiger partial charge is 0.267 e. The van der Waals surface area contributed by atoms with E-state index in [4.69, 9.17) is 9.72 Å². The van der Waals surface area contributed by atoms with Crippen molar-refractivity contribution >= 4 is 23.0 Å². The number of amides is 1. The molecule has 2 N–H and O–H groups in total. The second-order valence-electron chi connectivity index (χ2n) is 11.6. The van der Waals surface area contributed by atoms with Crippen molar-refractivity contribution in [3.63, 3.8) is 0 Å². The van der Waals surface area contributed by atoms with Crippen molar-refractivity contribution in [2.24, 2.45) is 0 Å². The number of pyridine rings is 1. The van der Waals surface area contributed by atoms with Crippen molar-refractivity contribution in [3.05, 3.63) is 166 Å². The highest BCUT2D eigenvalue weighted by Gasteiger charge is 2.27. The zero-order chi connectivity index (χ0) is 32.6. The second kappa shape index (κ2) is 14.7.